The summed E-state index contributed by atoms with van der Waals surface area (Å²) in [7, 11) is 5.89. The van der Waals surface area contributed by atoms with Crippen LogP contribution in [0, 0.1) is 5.92 Å². The molecule has 0 saturated heterocycles. The number of anilines is 1. The minimum atomic E-state index is -0.562. The largest absolute Gasteiger partial charge is 0.497 e. The number of hydrogen-bond acceptors (Lipinski definition) is 7. The molecule has 0 fully saturated rings. The maximum Gasteiger partial charge on any atom is 0.269 e. The van der Waals surface area contributed by atoms with Crippen molar-refractivity contribution in [3.63, 3.8) is 0 Å². The van der Waals surface area contributed by atoms with Gasteiger partial charge in [0.25, 0.3) is 5.91 Å². The van der Waals surface area contributed by atoms with Gasteiger partial charge in [0, 0.05) is 24.1 Å². The Labute approximate surface area is 192 Å². The average Bonchev–Trinajstić information content (AvgIpc) is 2.81. The van der Waals surface area contributed by atoms with Gasteiger partial charge in [-0.05, 0) is 42.3 Å². The van der Waals surface area contributed by atoms with Gasteiger partial charge in [-0.15, -0.1) is 0 Å². The van der Waals surface area contributed by atoms with Gasteiger partial charge in [0.15, 0.2) is 11.5 Å². The normalized spacial score (nSPS) is 11.1. The summed E-state index contributed by atoms with van der Waals surface area (Å²) in [4.78, 5) is 36.9. The molecule has 0 spiro atoms. The smallest absolute Gasteiger partial charge is 0.269 e. The zero-order valence-electron chi connectivity index (χ0n) is 19.3. The van der Waals surface area contributed by atoms with E-state index in [9.17, 15) is 14.4 Å². The van der Waals surface area contributed by atoms with Gasteiger partial charge in [-0.3, -0.25) is 25.2 Å². The molecule has 33 heavy (non-hydrogen) atoms. The van der Waals surface area contributed by atoms with E-state index in [-0.39, 0.29) is 30.2 Å². The molecular formula is C23H29N3O7. The second-order valence-electron chi connectivity index (χ2n) is 7.21. The molecule has 1 atom stereocenters. The maximum atomic E-state index is 12.4. The van der Waals surface area contributed by atoms with Crippen molar-refractivity contribution in [2.45, 2.75) is 19.8 Å². The lowest BCUT2D eigenvalue weighted by molar-refractivity contribution is -0.123. The highest BCUT2D eigenvalue weighted by Gasteiger charge is 2.18. The quantitative estimate of drug-likeness (QED) is 0.467. The van der Waals surface area contributed by atoms with Crippen LogP contribution in [0.2, 0.25) is 0 Å². The summed E-state index contributed by atoms with van der Waals surface area (Å²) in [5.41, 5.74) is 5.54. The minimum absolute atomic E-state index is 0.0472. The van der Waals surface area contributed by atoms with Crippen LogP contribution in [0.5, 0.6) is 23.0 Å². The Kier molecular flexibility index (Phi) is 9.34. The van der Waals surface area contributed by atoms with Crippen molar-refractivity contribution >= 4 is 23.4 Å². The average molecular weight is 459 g/mol. The first-order valence-electron chi connectivity index (χ1n) is 10.1. The van der Waals surface area contributed by atoms with Crippen LogP contribution < -0.4 is 35.1 Å². The summed E-state index contributed by atoms with van der Waals surface area (Å²) >= 11 is 0. The van der Waals surface area contributed by atoms with E-state index >= 15 is 0 Å². The first kappa shape index (κ1) is 25.3. The second-order valence-corrected chi connectivity index (χ2v) is 7.21. The zero-order chi connectivity index (χ0) is 24.4. The van der Waals surface area contributed by atoms with Crippen molar-refractivity contribution in [3.05, 3.63) is 42.0 Å². The highest BCUT2D eigenvalue weighted by molar-refractivity contribution is 5.96. The second kappa shape index (κ2) is 12.2. The third kappa shape index (κ3) is 7.30. The van der Waals surface area contributed by atoms with Crippen LogP contribution in [0.1, 0.15) is 30.1 Å². The lowest BCUT2D eigenvalue weighted by Gasteiger charge is -2.15. The van der Waals surface area contributed by atoms with Crippen molar-refractivity contribution in [2.24, 2.45) is 5.92 Å². The first-order valence-corrected chi connectivity index (χ1v) is 10.1. The molecule has 2 rings (SSSR count). The molecule has 0 bridgehead atoms. The summed E-state index contributed by atoms with van der Waals surface area (Å²) in [6.45, 7) is 1.77. The van der Waals surface area contributed by atoms with E-state index in [0.717, 1.165) is 0 Å². The zero-order valence-corrected chi connectivity index (χ0v) is 19.3. The fourth-order valence-corrected chi connectivity index (χ4v) is 3.05. The van der Waals surface area contributed by atoms with Crippen LogP contribution in [0.3, 0.4) is 0 Å². The van der Waals surface area contributed by atoms with Gasteiger partial charge in [-0.25, -0.2) is 0 Å². The van der Waals surface area contributed by atoms with Gasteiger partial charge in [0.1, 0.15) is 5.75 Å². The summed E-state index contributed by atoms with van der Waals surface area (Å²) < 4.78 is 20.7. The van der Waals surface area contributed by atoms with E-state index in [1.54, 1.807) is 38.3 Å². The van der Waals surface area contributed by atoms with Crippen LogP contribution in [0.15, 0.2) is 36.4 Å². The first-order chi connectivity index (χ1) is 15.8. The van der Waals surface area contributed by atoms with Crippen LogP contribution in [-0.4, -0.2) is 46.2 Å². The van der Waals surface area contributed by atoms with Crippen molar-refractivity contribution in [1.82, 2.24) is 10.9 Å². The van der Waals surface area contributed by atoms with E-state index in [2.05, 4.69) is 16.2 Å². The topological polar surface area (TPSA) is 124 Å². The Balaban J connectivity index is 1.85. The van der Waals surface area contributed by atoms with Crippen LogP contribution in [0.4, 0.5) is 5.69 Å². The number of ether oxygens (including phenoxy) is 4. The molecule has 0 saturated carbocycles. The Bertz CT molecular complexity index is 952. The number of hydrazine groups is 1. The minimum Gasteiger partial charge on any atom is -0.497 e. The number of amides is 3. The Hall–Kier alpha value is -3.95. The molecule has 0 aromatic heterocycles. The van der Waals surface area contributed by atoms with E-state index in [1.807, 2.05) is 0 Å². The van der Waals surface area contributed by atoms with Gasteiger partial charge < -0.3 is 24.3 Å². The van der Waals surface area contributed by atoms with Crippen LogP contribution >= 0.6 is 0 Å². The molecule has 0 aliphatic heterocycles. The summed E-state index contributed by atoms with van der Waals surface area (Å²) in [5.74, 6) is 0.194. The number of hydrogen-bond donors (Lipinski definition) is 3. The molecule has 10 heteroatoms. The summed E-state index contributed by atoms with van der Waals surface area (Å²) in [6.07, 6.45) is 0.186. The van der Waals surface area contributed by atoms with Gasteiger partial charge >= 0.3 is 0 Å². The van der Waals surface area contributed by atoms with E-state index in [4.69, 9.17) is 18.9 Å². The Morgan fingerprint density at radius 1 is 0.788 bits per heavy atom. The van der Waals surface area contributed by atoms with Crippen molar-refractivity contribution in [2.75, 3.05) is 33.8 Å². The number of benzene rings is 2. The number of rotatable bonds is 10. The van der Waals surface area contributed by atoms with Crippen LogP contribution in [0.25, 0.3) is 0 Å². The molecule has 0 radical (unpaired) electrons. The van der Waals surface area contributed by atoms with Crippen molar-refractivity contribution in [1.29, 1.82) is 0 Å². The summed E-state index contributed by atoms with van der Waals surface area (Å²) in [5, 5.41) is 2.77. The highest BCUT2D eigenvalue weighted by atomic mass is 16.5. The molecule has 3 amide bonds. The van der Waals surface area contributed by atoms with Gasteiger partial charge in [0.05, 0.1) is 28.4 Å². The van der Waals surface area contributed by atoms with Gasteiger partial charge in [-0.2, -0.15) is 0 Å². The molecular weight excluding hydrogens is 430 g/mol. The van der Waals surface area contributed by atoms with Gasteiger partial charge in [-0.1, -0.05) is 6.92 Å². The number of carbonyl (C=O) groups excluding carboxylic acids is 3. The SMILES string of the molecule is COc1ccc(NC(=O)CC(C)CC(=O)NNC(=O)c2cc(OC)c(OC)c(OC)c2)cc1. The predicted octanol–water partition coefficient (Wildman–Crippen LogP) is 2.54. The van der Waals surface area contributed by atoms with Gasteiger partial charge in [0.2, 0.25) is 17.6 Å². The molecule has 0 heterocycles. The molecule has 1 unspecified atom stereocenters. The molecule has 2 aromatic rings. The summed E-state index contributed by atoms with van der Waals surface area (Å²) in [6, 6.07) is 9.87. The van der Waals surface area contributed by atoms with Crippen molar-refractivity contribution in [3.8, 4) is 23.0 Å². The lowest BCUT2D eigenvalue weighted by Crippen LogP contribution is -2.42. The van der Waals surface area contributed by atoms with E-state index in [1.165, 1.54) is 33.5 Å². The van der Waals surface area contributed by atoms with E-state index < -0.39 is 11.8 Å². The highest BCUT2D eigenvalue weighted by Crippen LogP contribution is 2.38. The number of carbonyl (C=O) groups is 3. The fraction of sp³-hybridized carbons (Fsp3) is 0.348. The van der Waals surface area contributed by atoms with Crippen LogP contribution in [-0.2, 0) is 9.59 Å². The lowest BCUT2D eigenvalue weighted by atomic mass is 10.0. The molecule has 178 valence electrons. The monoisotopic (exact) mass is 459 g/mol. The van der Waals surface area contributed by atoms with Crippen molar-refractivity contribution < 1.29 is 33.3 Å². The third-order valence-electron chi connectivity index (χ3n) is 4.68. The predicted molar refractivity (Wildman–Crippen MR) is 122 cm³/mol. The molecule has 3 N–H and O–H groups in total. The maximum absolute atomic E-state index is 12.4. The standard InChI is InChI=1S/C23H29N3O7/c1-14(10-20(27)24-16-6-8-17(30-2)9-7-16)11-21(28)25-26-23(29)15-12-18(31-3)22(33-5)19(13-15)32-4/h6-9,12-14H,10-11H2,1-5H3,(H,24,27)(H,25,28)(H,26,29). The Morgan fingerprint density at radius 3 is 1.88 bits per heavy atom. The third-order valence-corrected chi connectivity index (χ3v) is 4.68. The fourth-order valence-electron chi connectivity index (χ4n) is 3.05. The Morgan fingerprint density at radius 2 is 1.36 bits per heavy atom. The molecule has 0 aliphatic carbocycles. The number of methoxy groups -OCH3 is 4. The molecule has 0 aliphatic rings. The van der Waals surface area contributed by atoms with E-state index in [0.29, 0.717) is 28.7 Å². The molecule has 2 aromatic carbocycles. The molecule has 10 nitrogen and oxygen atoms in total. The number of nitrogens with one attached hydrogen (secondary N) is 3.